The number of rotatable bonds is 5. The Morgan fingerprint density at radius 2 is 2.05 bits per heavy atom. The number of hydrogen-bond acceptors (Lipinski definition) is 3. The molecule has 2 rings (SSSR count). The Hall–Kier alpha value is -0.520. The van der Waals surface area contributed by atoms with Gasteiger partial charge in [0.25, 0.3) is 0 Å². The van der Waals surface area contributed by atoms with Gasteiger partial charge in [0.1, 0.15) is 0 Å². The largest absolute Gasteiger partial charge is 0.349 e. The van der Waals surface area contributed by atoms with E-state index in [1.807, 2.05) is 31.2 Å². The minimum atomic E-state index is 0.0595. The van der Waals surface area contributed by atoms with Gasteiger partial charge < -0.3 is 10.6 Å². The van der Waals surface area contributed by atoms with Gasteiger partial charge in [-0.3, -0.25) is 4.79 Å². The van der Waals surface area contributed by atoms with Crippen molar-refractivity contribution in [1.29, 1.82) is 0 Å². The van der Waals surface area contributed by atoms with Crippen LogP contribution in [0.25, 0.3) is 0 Å². The molecule has 0 spiro atoms. The lowest BCUT2D eigenvalue weighted by Gasteiger charge is -2.22. The average Bonchev–Trinajstić information content (AvgIpc) is 2.47. The van der Waals surface area contributed by atoms with Crippen molar-refractivity contribution in [3.05, 3.63) is 34.3 Å². The van der Waals surface area contributed by atoms with Gasteiger partial charge in [0.05, 0.1) is 11.8 Å². The number of carbonyl (C=O) groups is 1. The first kappa shape index (κ1) is 15.9. The van der Waals surface area contributed by atoms with Crippen LogP contribution in [-0.4, -0.2) is 30.0 Å². The Morgan fingerprint density at radius 3 is 2.70 bits per heavy atom. The number of nitrogens with one attached hydrogen (secondary N) is 2. The summed E-state index contributed by atoms with van der Waals surface area (Å²) in [5.41, 5.74) is 1.13. The number of carbonyl (C=O) groups excluding carboxylic acids is 1. The van der Waals surface area contributed by atoms with Crippen LogP contribution in [0, 0.1) is 0 Å². The molecular formula is C15H21BrN2OS. The molecule has 1 heterocycles. The summed E-state index contributed by atoms with van der Waals surface area (Å²) in [6.07, 6.45) is 2.33. The second-order valence-corrected chi connectivity index (χ2v) is 7.31. The molecule has 1 atom stereocenters. The quantitative estimate of drug-likeness (QED) is 0.851. The molecule has 1 fully saturated rings. The van der Waals surface area contributed by atoms with E-state index in [9.17, 15) is 4.79 Å². The van der Waals surface area contributed by atoms with Crippen molar-refractivity contribution in [2.24, 2.45) is 0 Å². The molecule has 0 radical (unpaired) electrons. The van der Waals surface area contributed by atoms with E-state index in [0.717, 1.165) is 23.1 Å². The molecule has 3 nitrogen and oxygen atoms in total. The predicted molar refractivity (Wildman–Crippen MR) is 89.0 cm³/mol. The van der Waals surface area contributed by atoms with Crippen molar-refractivity contribution in [2.45, 2.75) is 31.1 Å². The maximum atomic E-state index is 12.0. The van der Waals surface area contributed by atoms with E-state index in [2.05, 4.69) is 26.6 Å². The van der Waals surface area contributed by atoms with E-state index >= 15 is 0 Å². The Kier molecular flexibility index (Phi) is 6.39. The fourth-order valence-electron chi connectivity index (χ4n) is 2.27. The maximum Gasteiger partial charge on any atom is 0.230 e. The Balaban J connectivity index is 1.74. The third-order valence-corrected chi connectivity index (χ3v) is 5.38. The van der Waals surface area contributed by atoms with E-state index in [4.69, 9.17) is 0 Å². The number of piperidine rings is 1. The van der Waals surface area contributed by atoms with Crippen molar-refractivity contribution in [1.82, 2.24) is 10.6 Å². The molecule has 110 valence electrons. The monoisotopic (exact) mass is 356 g/mol. The number of thioether (sulfide) groups is 1. The summed E-state index contributed by atoms with van der Waals surface area (Å²) in [6.45, 7) is 4.18. The summed E-state index contributed by atoms with van der Waals surface area (Å²) in [5.74, 6) is 0.690. The first-order valence-corrected chi connectivity index (χ1v) is 8.86. The van der Waals surface area contributed by atoms with Crippen LogP contribution in [0.5, 0.6) is 0 Å². The number of amides is 1. The van der Waals surface area contributed by atoms with Gasteiger partial charge in [-0.1, -0.05) is 28.1 Å². The van der Waals surface area contributed by atoms with Gasteiger partial charge in [0.2, 0.25) is 5.91 Å². The van der Waals surface area contributed by atoms with Crippen LogP contribution < -0.4 is 10.6 Å². The molecule has 1 amide bonds. The van der Waals surface area contributed by atoms with E-state index in [0.29, 0.717) is 11.0 Å². The molecular weight excluding hydrogens is 336 g/mol. The van der Waals surface area contributed by atoms with Crippen LogP contribution in [0.3, 0.4) is 0 Å². The minimum absolute atomic E-state index is 0.0595. The first-order chi connectivity index (χ1) is 9.65. The van der Waals surface area contributed by atoms with E-state index in [1.165, 1.54) is 12.8 Å². The summed E-state index contributed by atoms with van der Waals surface area (Å²) in [5, 5.41) is 7.04. The third-order valence-electron chi connectivity index (χ3n) is 3.48. The zero-order chi connectivity index (χ0) is 14.4. The molecule has 1 aromatic rings. The van der Waals surface area contributed by atoms with E-state index in [-0.39, 0.29) is 11.9 Å². The zero-order valence-corrected chi connectivity index (χ0v) is 14.1. The van der Waals surface area contributed by atoms with Crippen molar-refractivity contribution in [2.75, 3.05) is 18.8 Å². The molecule has 2 N–H and O–H groups in total. The second kappa shape index (κ2) is 8.05. The lowest BCUT2D eigenvalue weighted by atomic mass is 10.1. The molecule has 1 unspecified atom stereocenters. The van der Waals surface area contributed by atoms with Crippen molar-refractivity contribution in [3.63, 3.8) is 0 Å². The first-order valence-electron chi connectivity index (χ1n) is 7.02. The fraction of sp³-hybridized carbons (Fsp3) is 0.533. The molecule has 1 aromatic carbocycles. The molecule has 1 saturated heterocycles. The van der Waals surface area contributed by atoms with Crippen LogP contribution in [0.2, 0.25) is 0 Å². The average molecular weight is 357 g/mol. The Bertz CT molecular complexity index is 432. The van der Waals surface area contributed by atoms with Crippen LogP contribution in [0.4, 0.5) is 0 Å². The second-order valence-electron chi connectivity index (χ2n) is 5.10. The molecule has 0 saturated carbocycles. The molecule has 1 aliphatic rings. The zero-order valence-electron chi connectivity index (χ0n) is 11.7. The Labute approximate surface area is 133 Å². The van der Waals surface area contributed by atoms with Gasteiger partial charge in [-0.25, -0.2) is 0 Å². The van der Waals surface area contributed by atoms with Crippen molar-refractivity contribution in [3.8, 4) is 0 Å². The number of benzene rings is 1. The van der Waals surface area contributed by atoms with Gasteiger partial charge in [0.15, 0.2) is 0 Å². The van der Waals surface area contributed by atoms with Gasteiger partial charge in [0, 0.05) is 9.72 Å². The lowest BCUT2D eigenvalue weighted by Crippen LogP contribution is -2.32. The fourth-order valence-corrected chi connectivity index (χ4v) is 3.58. The Morgan fingerprint density at radius 1 is 1.40 bits per heavy atom. The van der Waals surface area contributed by atoms with Gasteiger partial charge in [-0.05, 0) is 50.6 Å². The van der Waals surface area contributed by atoms with Crippen molar-refractivity contribution < 1.29 is 4.79 Å². The van der Waals surface area contributed by atoms with Crippen LogP contribution in [0.15, 0.2) is 28.7 Å². The van der Waals surface area contributed by atoms with Crippen LogP contribution >= 0.6 is 27.7 Å². The summed E-state index contributed by atoms with van der Waals surface area (Å²) in [7, 11) is 0. The van der Waals surface area contributed by atoms with Gasteiger partial charge >= 0.3 is 0 Å². The summed E-state index contributed by atoms with van der Waals surface area (Å²) >= 11 is 5.20. The number of halogens is 1. The highest BCUT2D eigenvalue weighted by molar-refractivity contribution is 9.10. The molecule has 5 heteroatoms. The molecule has 20 heavy (non-hydrogen) atoms. The topological polar surface area (TPSA) is 41.1 Å². The SMILES string of the molecule is CC(NC(=O)CSC1CCNCC1)c1ccc(Br)cc1. The predicted octanol–water partition coefficient (Wildman–Crippen LogP) is 3.11. The molecule has 0 aliphatic carbocycles. The summed E-state index contributed by atoms with van der Waals surface area (Å²) in [4.78, 5) is 12.0. The third kappa shape index (κ3) is 5.11. The van der Waals surface area contributed by atoms with Crippen LogP contribution in [0.1, 0.15) is 31.4 Å². The highest BCUT2D eigenvalue weighted by Crippen LogP contribution is 2.21. The highest BCUT2D eigenvalue weighted by atomic mass is 79.9. The summed E-state index contributed by atoms with van der Waals surface area (Å²) < 4.78 is 1.06. The van der Waals surface area contributed by atoms with Crippen LogP contribution in [-0.2, 0) is 4.79 Å². The van der Waals surface area contributed by atoms with Gasteiger partial charge in [-0.2, -0.15) is 0 Å². The lowest BCUT2D eigenvalue weighted by molar-refractivity contribution is -0.119. The normalized spacial score (nSPS) is 17.7. The number of hydrogen-bond donors (Lipinski definition) is 2. The van der Waals surface area contributed by atoms with Gasteiger partial charge in [-0.15, -0.1) is 11.8 Å². The smallest absolute Gasteiger partial charge is 0.230 e. The highest BCUT2D eigenvalue weighted by Gasteiger charge is 2.16. The minimum Gasteiger partial charge on any atom is -0.349 e. The molecule has 0 aromatic heterocycles. The van der Waals surface area contributed by atoms with E-state index in [1.54, 1.807) is 11.8 Å². The van der Waals surface area contributed by atoms with Crippen molar-refractivity contribution >= 4 is 33.6 Å². The molecule has 1 aliphatic heterocycles. The maximum absolute atomic E-state index is 12.0. The summed E-state index contributed by atoms with van der Waals surface area (Å²) in [6, 6.07) is 8.14. The molecule has 0 bridgehead atoms. The standard InChI is InChI=1S/C15H21BrN2OS/c1-11(12-2-4-13(16)5-3-12)18-15(19)10-20-14-6-8-17-9-7-14/h2-5,11,14,17H,6-10H2,1H3,(H,18,19). The van der Waals surface area contributed by atoms with E-state index < -0.39 is 0 Å².